The van der Waals surface area contributed by atoms with Crippen molar-refractivity contribution in [2.24, 2.45) is 4.99 Å². The van der Waals surface area contributed by atoms with Gasteiger partial charge in [-0.25, -0.2) is 4.98 Å². The first-order valence-electron chi connectivity index (χ1n) is 9.23. The Balaban J connectivity index is 1.71. The molecule has 0 unspecified atom stereocenters. The van der Waals surface area contributed by atoms with Crippen molar-refractivity contribution in [2.75, 3.05) is 13.7 Å². The summed E-state index contributed by atoms with van der Waals surface area (Å²) in [6.45, 7) is 5.15. The van der Waals surface area contributed by atoms with Gasteiger partial charge in [-0.3, -0.25) is 14.8 Å². The molecule has 0 radical (unpaired) electrons. The fourth-order valence-corrected chi connectivity index (χ4v) is 3.05. The summed E-state index contributed by atoms with van der Waals surface area (Å²) in [5, 5.41) is 0. The van der Waals surface area contributed by atoms with Crippen LogP contribution in [0.1, 0.15) is 49.1 Å². The van der Waals surface area contributed by atoms with E-state index in [0.29, 0.717) is 31.9 Å². The number of Topliss-reactive ketones (excluding diaryl/α,β-unsaturated/α-hetero) is 1. The lowest BCUT2D eigenvalue weighted by Gasteiger charge is -2.10. The predicted molar refractivity (Wildman–Crippen MR) is 103 cm³/mol. The van der Waals surface area contributed by atoms with Gasteiger partial charge in [0.25, 0.3) is 0 Å². The van der Waals surface area contributed by atoms with Gasteiger partial charge >= 0.3 is 0 Å². The molecule has 1 aliphatic heterocycles. The average molecular weight is 367 g/mol. The molecule has 3 rings (SSSR count). The summed E-state index contributed by atoms with van der Waals surface area (Å²) in [6.07, 6.45) is 5.24. The first kappa shape index (κ1) is 19.2. The molecule has 2 aromatic heterocycles. The lowest BCUT2D eigenvalue weighted by molar-refractivity contribution is -0.118. The highest BCUT2D eigenvalue weighted by molar-refractivity contribution is 6.15. The Labute approximate surface area is 159 Å². The zero-order chi connectivity index (χ0) is 19.2. The van der Waals surface area contributed by atoms with Crippen molar-refractivity contribution in [3.8, 4) is 5.88 Å². The SMILES string of the molecule is COCCCC(=O)Cc1cc2c(cn1)C(c1ccnc(OC(C)C)c1)=NC2. The van der Waals surface area contributed by atoms with Crippen LogP contribution in [0.5, 0.6) is 5.88 Å². The highest BCUT2D eigenvalue weighted by Crippen LogP contribution is 2.25. The van der Waals surface area contributed by atoms with Gasteiger partial charge in [-0.15, -0.1) is 0 Å². The van der Waals surface area contributed by atoms with Gasteiger partial charge in [-0.2, -0.15) is 0 Å². The monoisotopic (exact) mass is 367 g/mol. The van der Waals surface area contributed by atoms with Crippen molar-refractivity contribution in [2.45, 2.75) is 45.8 Å². The van der Waals surface area contributed by atoms with E-state index in [-0.39, 0.29) is 11.9 Å². The minimum atomic E-state index is 0.0659. The second-order valence-electron chi connectivity index (χ2n) is 6.86. The van der Waals surface area contributed by atoms with Crippen molar-refractivity contribution in [1.82, 2.24) is 9.97 Å². The molecule has 0 atom stereocenters. The molecule has 2 aromatic rings. The maximum atomic E-state index is 12.1. The number of aliphatic imine (C=N–C) groups is 1. The molecule has 3 heterocycles. The van der Waals surface area contributed by atoms with Crippen LogP contribution in [0.4, 0.5) is 0 Å². The summed E-state index contributed by atoms with van der Waals surface area (Å²) in [4.78, 5) is 25.5. The van der Waals surface area contributed by atoms with Gasteiger partial charge in [0.05, 0.1) is 18.4 Å². The molecule has 27 heavy (non-hydrogen) atoms. The average Bonchev–Trinajstić information content (AvgIpc) is 3.05. The van der Waals surface area contributed by atoms with Crippen LogP contribution in [0.3, 0.4) is 0 Å². The molecule has 142 valence electrons. The molecule has 0 aromatic carbocycles. The number of aromatic nitrogens is 2. The first-order chi connectivity index (χ1) is 13.1. The van der Waals surface area contributed by atoms with E-state index in [1.165, 1.54) is 0 Å². The minimum absolute atomic E-state index is 0.0659. The number of carbonyl (C=O) groups excluding carboxylic acids is 1. The Bertz CT molecular complexity index is 846. The van der Waals surface area contributed by atoms with Crippen LogP contribution in [-0.4, -0.2) is 41.3 Å². The van der Waals surface area contributed by atoms with Gasteiger partial charge < -0.3 is 9.47 Å². The summed E-state index contributed by atoms with van der Waals surface area (Å²) in [7, 11) is 1.64. The van der Waals surface area contributed by atoms with E-state index < -0.39 is 0 Å². The van der Waals surface area contributed by atoms with Crippen molar-refractivity contribution in [1.29, 1.82) is 0 Å². The van der Waals surface area contributed by atoms with Gasteiger partial charge in [0, 0.05) is 61.8 Å². The predicted octanol–water partition coefficient (Wildman–Crippen LogP) is 3.15. The van der Waals surface area contributed by atoms with Gasteiger partial charge in [0.15, 0.2) is 0 Å². The topological polar surface area (TPSA) is 73.7 Å². The van der Waals surface area contributed by atoms with Crippen molar-refractivity contribution < 1.29 is 14.3 Å². The number of rotatable bonds is 9. The normalized spacial score (nSPS) is 12.8. The van der Waals surface area contributed by atoms with Gasteiger partial charge in [0.1, 0.15) is 5.78 Å². The Morgan fingerprint density at radius 2 is 2.11 bits per heavy atom. The van der Waals surface area contributed by atoms with E-state index in [1.54, 1.807) is 13.3 Å². The number of nitrogens with zero attached hydrogens (tertiary/aromatic N) is 3. The maximum Gasteiger partial charge on any atom is 0.214 e. The van der Waals surface area contributed by atoms with Crippen molar-refractivity contribution in [3.05, 3.63) is 53.0 Å². The smallest absolute Gasteiger partial charge is 0.214 e. The number of carbonyl (C=O) groups is 1. The number of ether oxygens (including phenoxy) is 2. The molecule has 0 saturated heterocycles. The van der Waals surface area contributed by atoms with E-state index in [0.717, 1.165) is 34.5 Å². The van der Waals surface area contributed by atoms with E-state index in [1.807, 2.05) is 38.2 Å². The molecule has 0 amide bonds. The third-order valence-corrected chi connectivity index (χ3v) is 4.26. The molecule has 0 bridgehead atoms. The Morgan fingerprint density at radius 3 is 2.89 bits per heavy atom. The minimum Gasteiger partial charge on any atom is -0.475 e. The van der Waals surface area contributed by atoms with Gasteiger partial charge in [-0.1, -0.05) is 0 Å². The number of ketones is 1. The third-order valence-electron chi connectivity index (χ3n) is 4.26. The molecule has 0 aliphatic carbocycles. The summed E-state index contributed by atoms with van der Waals surface area (Å²) in [6, 6.07) is 5.82. The van der Waals surface area contributed by atoms with Gasteiger partial charge in [-0.05, 0) is 38.0 Å². The Hall–Kier alpha value is -2.60. The maximum absolute atomic E-state index is 12.1. The molecule has 0 saturated carbocycles. The number of pyridine rings is 2. The zero-order valence-corrected chi connectivity index (χ0v) is 16.1. The van der Waals surface area contributed by atoms with Gasteiger partial charge in [0.2, 0.25) is 5.88 Å². The van der Waals surface area contributed by atoms with Crippen LogP contribution in [0.25, 0.3) is 0 Å². The molecule has 0 N–H and O–H groups in total. The Kier molecular flexibility index (Phi) is 6.29. The number of methoxy groups -OCH3 is 1. The van der Waals surface area contributed by atoms with E-state index in [2.05, 4.69) is 15.0 Å². The number of fused-ring (bicyclic) bond motifs is 1. The lowest BCUT2D eigenvalue weighted by atomic mass is 10.0. The van der Waals surface area contributed by atoms with Crippen LogP contribution in [0.2, 0.25) is 0 Å². The fourth-order valence-electron chi connectivity index (χ4n) is 3.05. The van der Waals surface area contributed by atoms with E-state index >= 15 is 0 Å². The third kappa shape index (κ3) is 4.98. The summed E-state index contributed by atoms with van der Waals surface area (Å²) >= 11 is 0. The Morgan fingerprint density at radius 1 is 1.26 bits per heavy atom. The van der Waals surface area contributed by atoms with Crippen LogP contribution >= 0.6 is 0 Å². The number of hydrogen-bond donors (Lipinski definition) is 0. The highest BCUT2D eigenvalue weighted by atomic mass is 16.5. The largest absolute Gasteiger partial charge is 0.475 e. The lowest BCUT2D eigenvalue weighted by Crippen LogP contribution is -2.09. The first-order valence-corrected chi connectivity index (χ1v) is 9.23. The molecule has 0 spiro atoms. The molecule has 6 heteroatoms. The summed E-state index contributed by atoms with van der Waals surface area (Å²) < 4.78 is 10.7. The van der Waals surface area contributed by atoms with Crippen molar-refractivity contribution >= 4 is 11.5 Å². The van der Waals surface area contributed by atoms with Crippen LogP contribution in [-0.2, 0) is 22.5 Å². The zero-order valence-electron chi connectivity index (χ0n) is 16.1. The molecular formula is C21H25N3O3. The van der Waals surface area contributed by atoms with E-state index in [9.17, 15) is 4.79 Å². The summed E-state index contributed by atoms with van der Waals surface area (Å²) in [5.74, 6) is 0.771. The fraction of sp³-hybridized carbons (Fsp3) is 0.429. The molecular weight excluding hydrogens is 342 g/mol. The summed E-state index contributed by atoms with van der Waals surface area (Å²) in [5.41, 5.74) is 4.76. The molecule has 6 nitrogen and oxygen atoms in total. The highest BCUT2D eigenvalue weighted by Gasteiger charge is 2.20. The van der Waals surface area contributed by atoms with E-state index in [4.69, 9.17) is 9.47 Å². The van der Waals surface area contributed by atoms with Crippen LogP contribution in [0, 0.1) is 0 Å². The second-order valence-corrected chi connectivity index (χ2v) is 6.86. The molecule has 1 aliphatic rings. The molecule has 0 fully saturated rings. The van der Waals surface area contributed by atoms with Crippen LogP contribution < -0.4 is 4.74 Å². The standard InChI is InChI=1S/C21H25N3O3/c1-14(2)27-20-10-15(6-7-22-20)21-19-13-23-17(9-16(19)12-24-21)11-18(25)5-4-8-26-3/h6-7,9-10,13-14H,4-5,8,11-12H2,1-3H3. The number of hydrogen-bond acceptors (Lipinski definition) is 6. The van der Waals surface area contributed by atoms with Crippen molar-refractivity contribution in [3.63, 3.8) is 0 Å². The second kappa shape index (κ2) is 8.86. The quantitative estimate of drug-likeness (QED) is 0.637. The van der Waals surface area contributed by atoms with Crippen LogP contribution in [0.15, 0.2) is 35.6 Å².